The van der Waals surface area contributed by atoms with Crippen LogP contribution in [0.2, 0.25) is 0 Å². The van der Waals surface area contributed by atoms with E-state index in [2.05, 4.69) is 5.16 Å². The fraction of sp³-hybridized carbons (Fsp3) is 0.625. The normalized spacial score (nSPS) is 29.4. The van der Waals surface area contributed by atoms with Crippen LogP contribution in [0.4, 0.5) is 5.88 Å². The van der Waals surface area contributed by atoms with E-state index in [1.165, 1.54) is 0 Å². The third-order valence-corrected chi connectivity index (χ3v) is 2.44. The highest BCUT2D eigenvalue weighted by molar-refractivity contribution is 5.26. The van der Waals surface area contributed by atoms with E-state index in [1.54, 1.807) is 6.07 Å². The third-order valence-electron chi connectivity index (χ3n) is 2.44. The van der Waals surface area contributed by atoms with E-state index in [4.69, 9.17) is 16.0 Å². The van der Waals surface area contributed by atoms with Crippen molar-refractivity contribution in [3.05, 3.63) is 11.8 Å². The van der Waals surface area contributed by atoms with Crippen LogP contribution >= 0.6 is 0 Å². The van der Waals surface area contributed by atoms with Gasteiger partial charge in [-0.15, -0.1) is 0 Å². The Bertz CT molecular complexity index is 271. The van der Waals surface area contributed by atoms with Crippen LogP contribution in [0.3, 0.4) is 0 Å². The van der Waals surface area contributed by atoms with E-state index >= 15 is 0 Å². The molecule has 12 heavy (non-hydrogen) atoms. The van der Waals surface area contributed by atoms with Crippen molar-refractivity contribution < 1.29 is 4.52 Å². The summed E-state index contributed by atoms with van der Waals surface area (Å²) in [5, 5.41) is 3.88. The molecule has 2 rings (SSSR count). The Balaban J connectivity index is 2.11. The highest BCUT2D eigenvalue weighted by Gasteiger charge is 2.25. The van der Waals surface area contributed by atoms with Gasteiger partial charge in [0.25, 0.3) is 0 Å². The lowest BCUT2D eigenvalue weighted by atomic mass is 10.0. The Morgan fingerprint density at radius 3 is 2.83 bits per heavy atom. The van der Waals surface area contributed by atoms with Gasteiger partial charge in [0.2, 0.25) is 5.88 Å². The number of hydrogen-bond acceptors (Lipinski definition) is 4. The zero-order chi connectivity index (χ0) is 8.55. The minimum absolute atomic E-state index is 0.327. The summed E-state index contributed by atoms with van der Waals surface area (Å²) < 4.78 is 4.80. The molecule has 2 atom stereocenters. The van der Waals surface area contributed by atoms with Gasteiger partial charge < -0.3 is 16.0 Å². The Kier molecular flexibility index (Phi) is 1.77. The first-order valence-corrected chi connectivity index (χ1v) is 4.23. The molecule has 0 unspecified atom stereocenters. The predicted molar refractivity (Wildman–Crippen MR) is 45.5 cm³/mol. The molecule has 1 saturated carbocycles. The smallest absolute Gasteiger partial charge is 0.222 e. The van der Waals surface area contributed by atoms with Crippen LogP contribution in [0, 0.1) is 0 Å². The molecule has 0 bridgehead atoms. The van der Waals surface area contributed by atoms with Crippen molar-refractivity contribution in [2.45, 2.75) is 31.2 Å². The van der Waals surface area contributed by atoms with Gasteiger partial charge in [0.05, 0.1) is 5.69 Å². The Morgan fingerprint density at radius 1 is 1.50 bits per heavy atom. The number of nitrogens with zero attached hydrogens (tertiary/aromatic N) is 1. The van der Waals surface area contributed by atoms with Crippen LogP contribution in [-0.4, -0.2) is 11.2 Å². The van der Waals surface area contributed by atoms with Crippen LogP contribution in [0.5, 0.6) is 0 Å². The lowest BCUT2D eigenvalue weighted by Gasteiger charge is -2.02. The highest BCUT2D eigenvalue weighted by atomic mass is 16.5. The summed E-state index contributed by atoms with van der Waals surface area (Å²) in [5.74, 6) is 0.853. The molecule has 66 valence electrons. The molecule has 1 aliphatic carbocycles. The first kappa shape index (κ1) is 7.61. The van der Waals surface area contributed by atoms with E-state index in [1.807, 2.05) is 0 Å². The minimum atomic E-state index is 0.327. The molecule has 1 aromatic heterocycles. The largest absolute Gasteiger partial charge is 0.368 e. The van der Waals surface area contributed by atoms with Gasteiger partial charge in [0.1, 0.15) is 0 Å². The standard InChI is InChI=1S/C8H13N3O/c9-6-2-1-5(3-6)7-4-8(10)12-11-7/h4-6H,1-3,9-10H2/t5-,6+/m0/s1. The molecule has 4 nitrogen and oxygen atoms in total. The molecule has 0 saturated heterocycles. The van der Waals surface area contributed by atoms with E-state index in [0.717, 1.165) is 25.0 Å². The van der Waals surface area contributed by atoms with Crippen molar-refractivity contribution in [1.29, 1.82) is 0 Å². The summed E-state index contributed by atoms with van der Waals surface area (Å²) in [6.45, 7) is 0. The number of nitrogen functional groups attached to an aromatic ring is 1. The van der Waals surface area contributed by atoms with E-state index in [9.17, 15) is 0 Å². The second-order valence-corrected chi connectivity index (χ2v) is 3.42. The lowest BCUT2D eigenvalue weighted by Crippen LogP contribution is -2.14. The van der Waals surface area contributed by atoms with Crippen molar-refractivity contribution in [3.63, 3.8) is 0 Å². The van der Waals surface area contributed by atoms with Crippen LogP contribution < -0.4 is 11.5 Å². The average molecular weight is 167 g/mol. The summed E-state index contributed by atoms with van der Waals surface area (Å²) >= 11 is 0. The van der Waals surface area contributed by atoms with Crippen LogP contribution in [0.15, 0.2) is 10.6 Å². The molecule has 0 spiro atoms. The summed E-state index contributed by atoms with van der Waals surface area (Å²) in [5.41, 5.74) is 12.2. The number of hydrogen-bond donors (Lipinski definition) is 2. The second-order valence-electron chi connectivity index (χ2n) is 3.42. The number of aromatic nitrogens is 1. The first-order chi connectivity index (χ1) is 5.75. The van der Waals surface area contributed by atoms with E-state index in [-0.39, 0.29) is 0 Å². The molecule has 0 aromatic carbocycles. The molecule has 4 N–H and O–H groups in total. The van der Waals surface area contributed by atoms with Gasteiger partial charge in [-0.25, -0.2) is 0 Å². The zero-order valence-corrected chi connectivity index (χ0v) is 6.86. The average Bonchev–Trinajstić information content (AvgIpc) is 2.58. The first-order valence-electron chi connectivity index (χ1n) is 4.23. The van der Waals surface area contributed by atoms with Crippen LogP contribution in [0.1, 0.15) is 30.9 Å². The Morgan fingerprint density at radius 2 is 2.33 bits per heavy atom. The van der Waals surface area contributed by atoms with Crippen LogP contribution in [-0.2, 0) is 0 Å². The molecule has 4 heteroatoms. The summed E-state index contributed by atoms with van der Waals surface area (Å²) in [6.07, 6.45) is 3.19. The van der Waals surface area contributed by atoms with Crippen molar-refractivity contribution in [3.8, 4) is 0 Å². The topological polar surface area (TPSA) is 78.1 Å². The van der Waals surface area contributed by atoms with Gasteiger partial charge in [-0.1, -0.05) is 5.16 Å². The Labute approximate surface area is 70.9 Å². The molecule has 1 heterocycles. The molecule has 1 fully saturated rings. The molecular weight excluding hydrogens is 154 g/mol. The number of nitrogens with two attached hydrogens (primary N) is 2. The maximum absolute atomic E-state index is 5.78. The van der Waals surface area contributed by atoms with Gasteiger partial charge in [-0.3, -0.25) is 0 Å². The number of rotatable bonds is 1. The lowest BCUT2D eigenvalue weighted by molar-refractivity contribution is 0.419. The molecular formula is C8H13N3O. The maximum Gasteiger partial charge on any atom is 0.222 e. The predicted octanol–water partition coefficient (Wildman–Crippen LogP) is 0.852. The molecule has 0 aliphatic heterocycles. The quantitative estimate of drug-likeness (QED) is 0.650. The SMILES string of the molecule is Nc1cc([C@H]2CC[C@@H](N)C2)no1. The second kappa shape index (κ2) is 2.79. The van der Waals surface area contributed by atoms with Crippen molar-refractivity contribution in [1.82, 2.24) is 5.16 Å². The molecule has 0 amide bonds. The maximum atomic E-state index is 5.78. The van der Waals surface area contributed by atoms with Gasteiger partial charge in [-0.2, -0.15) is 0 Å². The van der Waals surface area contributed by atoms with Gasteiger partial charge >= 0.3 is 0 Å². The van der Waals surface area contributed by atoms with Gasteiger partial charge in [-0.05, 0) is 19.3 Å². The summed E-state index contributed by atoms with van der Waals surface area (Å²) in [7, 11) is 0. The van der Waals surface area contributed by atoms with Crippen LogP contribution in [0.25, 0.3) is 0 Å². The Hall–Kier alpha value is -1.03. The highest BCUT2D eigenvalue weighted by Crippen LogP contribution is 2.33. The van der Waals surface area contributed by atoms with Gasteiger partial charge in [0, 0.05) is 18.0 Å². The van der Waals surface area contributed by atoms with Crippen molar-refractivity contribution >= 4 is 5.88 Å². The molecule has 1 aromatic rings. The fourth-order valence-electron chi connectivity index (χ4n) is 1.78. The number of anilines is 1. The van der Waals surface area contributed by atoms with Crippen molar-refractivity contribution in [2.24, 2.45) is 5.73 Å². The van der Waals surface area contributed by atoms with E-state index < -0.39 is 0 Å². The molecule has 0 radical (unpaired) electrons. The molecule has 1 aliphatic rings. The monoisotopic (exact) mass is 167 g/mol. The zero-order valence-electron chi connectivity index (χ0n) is 6.86. The van der Waals surface area contributed by atoms with E-state index in [0.29, 0.717) is 17.8 Å². The summed E-state index contributed by atoms with van der Waals surface area (Å²) in [4.78, 5) is 0. The summed E-state index contributed by atoms with van der Waals surface area (Å²) in [6, 6.07) is 2.12. The van der Waals surface area contributed by atoms with Gasteiger partial charge in [0.15, 0.2) is 0 Å². The van der Waals surface area contributed by atoms with Crippen molar-refractivity contribution in [2.75, 3.05) is 5.73 Å². The fourth-order valence-corrected chi connectivity index (χ4v) is 1.78. The minimum Gasteiger partial charge on any atom is -0.368 e. The third kappa shape index (κ3) is 1.30.